The van der Waals surface area contributed by atoms with Crippen LogP contribution in [0, 0.1) is 6.92 Å². The molecule has 0 spiro atoms. The van der Waals surface area contributed by atoms with E-state index in [4.69, 9.17) is 16.3 Å². The lowest BCUT2D eigenvalue weighted by atomic mass is 10.1. The van der Waals surface area contributed by atoms with Gasteiger partial charge in [-0.05, 0) is 49.2 Å². The number of benzene rings is 2. The van der Waals surface area contributed by atoms with Gasteiger partial charge in [0.15, 0.2) is 0 Å². The number of carbonyl (C=O) groups excluding carboxylic acids is 1. The number of aryl methyl sites for hydroxylation is 1. The molecule has 0 bridgehead atoms. The van der Waals surface area contributed by atoms with Gasteiger partial charge < -0.3 is 4.74 Å². The average molecular weight is 408 g/mol. The molecule has 1 amide bonds. The molecule has 0 saturated carbocycles. The number of nitrogens with zero attached hydrogens (tertiary/aromatic N) is 2. The van der Waals surface area contributed by atoms with Gasteiger partial charge in [-0.25, -0.2) is 5.43 Å². The third-order valence-electron chi connectivity index (χ3n) is 4.19. The van der Waals surface area contributed by atoms with E-state index in [1.54, 1.807) is 12.3 Å². The molecule has 0 atom stereocenters. The fraction of sp³-hybridized carbons (Fsp3) is 0.174. The Morgan fingerprint density at radius 2 is 1.90 bits per heavy atom. The van der Waals surface area contributed by atoms with E-state index < -0.39 is 0 Å². The third kappa shape index (κ3) is 6.16. The maximum absolute atomic E-state index is 12.2. The Labute approximate surface area is 175 Å². The molecular formula is C23H22ClN3O2. The van der Waals surface area contributed by atoms with E-state index in [9.17, 15) is 4.79 Å². The molecular weight excluding hydrogens is 386 g/mol. The van der Waals surface area contributed by atoms with Crippen LogP contribution in [-0.2, 0) is 4.79 Å². The first-order chi connectivity index (χ1) is 14.1. The van der Waals surface area contributed by atoms with Crippen LogP contribution in [0.2, 0.25) is 5.02 Å². The summed E-state index contributed by atoms with van der Waals surface area (Å²) in [6.45, 7) is 2.37. The Morgan fingerprint density at radius 1 is 1.10 bits per heavy atom. The highest BCUT2D eigenvalue weighted by Crippen LogP contribution is 2.21. The Bertz CT molecular complexity index is 934. The number of hydrazone groups is 1. The van der Waals surface area contributed by atoms with Crippen molar-refractivity contribution in [2.24, 2.45) is 5.10 Å². The number of pyridine rings is 1. The van der Waals surface area contributed by atoms with Gasteiger partial charge in [-0.1, -0.05) is 48.0 Å². The van der Waals surface area contributed by atoms with E-state index in [1.807, 2.05) is 67.6 Å². The minimum atomic E-state index is -0.175. The molecule has 29 heavy (non-hydrogen) atoms. The van der Waals surface area contributed by atoms with Crippen molar-refractivity contribution >= 4 is 23.2 Å². The van der Waals surface area contributed by atoms with Gasteiger partial charge in [-0.3, -0.25) is 9.78 Å². The Balaban J connectivity index is 1.56. The number of rotatable bonds is 8. The van der Waals surface area contributed by atoms with Gasteiger partial charge in [0.1, 0.15) is 11.5 Å². The zero-order valence-electron chi connectivity index (χ0n) is 16.1. The maximum Gasteiger partial charge on any atom is 0.240 e. The third-order valence-corrected chi connectivity index (χ3v) is 4.42. The molecule has 3 aromatic rings. The number of ether oxygens (including phenoxy) is 1. The van der Waals surface area contributed by atoms with Crippen molar-refractivity contribution in [3.05, 3.63) is 94.8 Å². The normalized spacial score (nSPS) is 11.2. The lowest BCUT2D eigenvalue weighted by Gasteiger charge is -2.09. The molecule has 3 rings (SSSR count). The second-order valence-electron chi connectivity index (χ2n) is 6.44. The summed E-state index contributed by atoms with van der Waals surface area (Å²) in [6, 6.07) is 20.7. The molecule has 0 saturated heterocycles. The molecule has 0 fully saturated rings. The summed E-state index contributed by atoms with van der Waals surface area (Å²) in [5, 5.41) is 5.00. The summed E-state index contributed by atoms with van der Waals surface area (Å²) in [7, 11) is 0. The van der Waals surface area contributed by atoms with Crippen LogP contribution in [0.3, 0.4) is 0 Å². The molecule has 0 aliphatic heterocycles. The van der Waals surface area contributed by atoms with Gasteiger partial charge >= 0.3 is 0 Å². The molecule has 0 radical (unpaired) electrons. The lowest BCUT2D eigenvalue weighted by molar-refractivity contribution is -0.121. The van der Waals surface area contributed by atoms with E-state index in [1.165, 1.54) is 0 Å². The van der Waals surface area contributed by atoms with Crippen LogP contribution < -0.4 is 10.2 Å². The van der Waals surface area contributed by atoms with E-state index in [2.05, 4.69) is 15.5 Å². The first-order valence-corrected chi connectivity index (χ1v) is 9.73. The molecule has 1 heterocycles. The summed E-state index contributed by atoms with van der Waals surface area (Å²) in [5.41, 5.74) is 5.80. The Hall–Kier alpha value is -3.18. The van der Waals surface area contributed by atoms with Crippen molar-refractivity contribution in [1.82, 2.24) is 10.4 Å². The van der Waals surface area contributed by atoms with E-state index in [-0.39, 0.29) is 5.91 Å². The molecule has 1 aromatic heterocycles. The predicted molar refractivity (Wildman–Crippen MR) is 115 cm³/mol. The monoisotopic (exact) mass is 407 g/mol. The van der Waals surface area contributed by atoms with Crippen LogP contribution in [0.1, 0.15) is 29.7 Å². The number of amides is 1. The number of halogens is 1. The van der Waals surface area contributed by atoms with Gasteiger partial charge in [0.05, 0.1) is 12.3 Å². The largest absolute Gasteiger partial charge is 0.493 e. The van der Waals surface area contributed by atoms with Crippen LogP contribution >= 0.6 is 11.6 Å². The van der Waals surface area contributed by atoms with Crippen molar-refractivity contribution in [3.8, 4) is 5.75 Å². The van der Waals surface area contributed by atoms with Crippen molar-refractivity contribution in [2.75, 3.05) is 6.61 Å². The average Bonchev–Trinajstić information content (AvgIpc) is 2.74. The number of nitrogens with one attached hydrogen (secondary N) is 1. The lowest BCUT2D eigenvalue weighted by Crippen LogP contribution is -2.21. The van der Waals surface area contributed by atoms with Crippen LogP contribution in [0.15, 0.2) is 78.0 Å². The van der Waals surface area contributed by atoms with Crippen molar-refractivity contribution in [2.45, 2.75) is 19.8 Å². The van der Waals surface area contributed by atoms with E-state index in [0.29, 0.717) is 35.9 Å². The summed E-state index contributed by atoms with van der Waals surface area (Å²) in [6.07, 6.45) is 2.58. The number of hydrogen-bond acceptors (Lipinski definition) is 4. The molecule has 148 valence electrons. The number of hydrogen-bond donors (Lipinski definition) is 1. The molecule has 0 aliphatic carbocycles. The fourth-order valence-electron chi connectivity index (χ4n) is 2.73. The Morgan fingerprint density at radius 3 is 2.62 bits per heavy atom. The zero-order chi connectivity index (χ0) is 20.5. The summed E-state index contributed by atoms with van der Waals surface area (Å²) < 4.78 is 5.72. The maximum atomic E-state index is 12.2. The van der Waals surface area contributed by atoms with Crippen molar-refractivity contribution in [1.29, 1.82) is 0 Å². The first-order valence-electron chi connectivity index (χ1n) is 9.36. The zero-order valence-corrected chi connectivity index (χ0v) is 16.9. The molecule has 0 unspecified atom stereocenters. The SMILES string of the molecule is Cc1cc(Cl)ccc1OCCCC(=O)NN=C(c1ccccc1)c1ccccn1. The first kappa shape index (κ1) is 20.6. The highest BCUT2D eigenvalue weighted by molar-refractivity contribution is 6.30. The fourth-order valence-corrected chi connectivity index (χ4v) is 2.96. The smallest absolute Gasteiger partial charge is 0.240 e. The van der Waals surface area contributed by atoms with Gasteiger partial charge in [-0.15, -0.1) is 0 Å². The molecule has 1 N–H and O–H groups in total. The van der Waals surface area contributed by atoms with Crippen LogP contribution in [0.4, 0.5) is 0 Å². The highest BCUT2D eigenvalue weighted by atomic mass is 35.5. The number of aromatic nitrogens is 1. The van der Waals surface area contributed by atoms with Crippen LogP contribution in [-0.4, -0.2) is 23.2 Å². The van der Waals surface area contributed by atoms with Gasteiger partial charge in [-0.2, -0.15) is 5.10 Å². The molecule has 2 aromatic carbocycles. The highest BCUT2D eigenvalue weighted by Gasteiger charge is 2.09. The Kier molecular flexibility index (Phi) is 7.36. The summed E-state index contributed by atoms with van der Waals surface area (Å²) in [5.74, 6) is 0.597. The quantitative estimate of drug-likeness (QED) is 0.332. The van der Waals surface area contributed by atoms with E-state index in [0.717, 1.165) is 16.9 Å². The van der Waals surface area contributed by atoms with Crippen molar-refractivity contribution in [3.63, 3.8) is 0 Å². The minimum absolute atomic E-state index is 0.175. The second-order valence-corrected chi connectivity index (χ2v) is 6.87. The number of carbonyl (C=O) groups is 1. The van der Waals surface area contributed by atoms with E-state index >= 15 is 0 Å². The minimum Gasteiger partial charge on any atom is -0.493 e. The van der Waals surface area contributed by atoms with Gasteiger partial charge in [0.25, 0.3) is 0 Å². The molecule has 0 aliphatic rings. The summed E-state index contributed by atoms with van der Waals surface area (Å²) >= 11 is 5.94. The van der Waals surface area contributed by atoms with Crippen LogP contribution in [0.25, 0.3) is 0 Å². The van der Waals surface area contributed by atoms with Gasteiger partial charge in [0, 0.05) is 23.2 Å². The topological polar surface area (TPSA) is 63.6 Å². The molecule has 5 nitrogen and oxygen atoms in total. The van der Waals surface area contributed by atoms with Gasteiger partial charge in [0.2, 0.25) is 5.91 Å². The standard InChI is InChI=1S/C23H22ClN3O2/c1-17-16-19(24)12-13-21(17)29-15-7-11-22(28)26-27-23(18-8-3-2-4-9-18)20-10-5-6-14-25-20/h2-6,8-10,12-14,16H,7,11,15H2,1H3,(H,26,28). The predicted octanol–water partition coefficient (Wildman–Crippen LogP) is 4.77. The second kappa shape index (κ2) is 10.4. The summed E-state index contributed by atoms with van der Waals surface area (Å²) in [4.78, 5) is 16.6. The van der Waals surface area contributed by atoms with Crippen molar-refractivity contribution < 1.29 is 9.53 Å². The van der Waals surface area contributed by atoms with Crippen LogP contribution in [0.5, 0.6) is 5.75 Å². The molecule has 6 heteroatoms.